The second-order valence-electron chi connectivity index (χ2n) is 8.93. The minimum atomic E-state index is -0.413. The van der Waals surface area contributed by atoms with Crippen LogP contribution >= 0.6 is 0 Å². The molecule has 8 nitrogen and oxygen atoms in total. The molecule has 8 heteroatoms. The van der Waals surface area contributed by atoms with Crippen LogP contribution in [0.1, 0.15) is 58.7 Å². The van der Waals surface area contributed by atoms with Crippen molar-refractivity contribution in [3.05, 3.63) is 34.4 Å². The predicted octanol–water partition coefficient (Wildman–Crippen LogP) is 1.86. The quantitative estimate of drug-likeness (QED) is 0.752. The molecule has 0 saturated carbocycles. The molecule has 0 atom stereocenters. The van der Waals surface area contributed by atoms with E-state index < -0.39 is 5.60 Å². The summed E-state index contributed by atoms with van der Waals surface area (Å²) in [7, 11) is 5.80. The summed E-state index contributed by atoms with van der Waals surface area (Å²) >= 11 is 0. The first kappa shape index (κ1) is 19.5. The average Bonchev–Trinajstić information content (AvgIpc) is 3.09. The molecule has 1 fully saturated rings. The van der Waals surface area contributed by atoms with E-state index in [1.54, 1.807) is 4.68 Å². The zero-order valence-corrected chi connectivity index (χ0v) is 18.1. The Morgan fingerprint density at radius 1 is 1.17 bits per heavy atom. The fraction of sp³-hybridized carbons (Fsp3) is 0.636. The van der Waals surface area contributed by atoms with Crippen molar-refractivity contribution in [1.29, 1.82) is 0 Å². The molecule has 0 radical (unpaired) electrons. The first-order chi connectivity index (χ1) is 14.5. The van der Waals surface area contributed by atoms with E-state index in [4.69, 9.17) is 9.72 Å². The number of anilines is 1. The van der Waals surface area contributed by atoms with Gasteiger partial charge in [0.05, 0.1) is 18.0 Å². The van der Waals surface area contributed by atoms with Gasteiger partial charge < -0.3 is 14.5 Å². The lowest BCUT2D eigenvalue weighted by Crippen LogP contribution is -2.49. The Bertz CT molecular complexity index is 974. The maximum atomic E-state index is 13.4. The molecule has 0 N–H and O–H groups in total. The van der Waals surface area contributed by atoms with Crippen LogP contribution in [-0.2, 0) is 36.6 Å². The number of hydrogen-bond acceptors (Lipinski definition) is 6. The Kier molecular flexibility index (Phi) is 4.76. The van der Waals surface area contributed by atoms with E-state index in [2.05, 4.69) is 10.1 Å². The van der Waals surface area contributed by atoms with Gasteiger partial charge in [-0.15, -0.1) is 0 Å². The van der Waals surface area contributed by atoms with Gasteiger partial charge in [0.1, 0.15) is 11.3 Å². The van der Waals surface area contributed by atoms with Gasteiger partial charge in [-0.05, 0) is 50.5 Å². The third-order valence-electron chi connectivity index (χ3n) is 6.81. The molecule has 3 aliphatic rings. The van der Waals surface area contributed by atoms with Crippen LogP contribution in [-0.4, -0.2) is 64.3 Å². The summed E-state index contributed by atoms with van der Waals surface area (Å²) in [4.78, 5) is 26.6. The number of carbonyl (C=O) groups excluding carboxylic acids is 1. The average molecular weight is 411 g/mol. The molecule has 1 amide bonds. The molecule has 2 aromatic rings. The summed E-state index contributed by atoms with van der Waals surface area (Å²) in [5.74, 6) is 0.814. The Hall–Kier alpha value is -2.48. The van der Waals surface area contributed by atoms with Gasteiger partial charge in [-0.3, -0.25) is 9.48 Å². The number of fused-ring (bicyclic) bond motifs is 3. The molecule has 0 unspecified atom stereocenters. The van der Waals surface area contributed by atoms with E-state index in [1.807, 2.05) is 37.1 Å². The van der Waals surface area contributed by atoms with Crippen LogP contribution in [0.3, 0.4) is 0 Å². The molecule has 1 spiro atoms. The summed E-state index contributed by atoms with van der Waals surface area (Å²) in [6, 6.07) is 0. The molecular weight excluding hydrogens is 380 g/mol. The van der Waals surface area contributed by atoms with E-state index in [9.17, 15) is 4.79 Å². The number of aryl methyl sites for hydroxylation is 2. The first-order valence-corrected chi connectivity index (χ1v) is 11.0. The number of hydrogen-bond donors (Lipinski definition) is 0. The Balaban J connectivity index is 1.38. The zero-order valence-electron chi connectivity index (χ0n) is 18.1. The van der Waals surface area contributed by atoms with E-state index in [0.29, 0.717) is 25.6 Å². The number of aromatic nitrogens is 4. The predicted molar refractivity (Wildman–Crippen MR) is 113 cm³/mol. The maximum Gasteiger partial charge on any atom is 0.272 e. The van der Waals surface area contributed by atoms with Crippen LogP contribution in [0, 0.1) is 0 Å². The highest BCUT2D eigenvalue weighted by atomic mass is 16.5. The third-order valence-corrected chi connectivity index (χ3v) is 6.81. The van der Waals surface area contributed by atoms with Gasteiger partial charge in [-0.2, -0.15) is 5.10 Å². The molecule has 1 aliphatic carbocycles. The fourth-order valence-corrected chi connectivity index (χ4v) is 5.17. The van der Waals surface area contributed by atoms with Gasteiger partial charge in [0.15, 0.2) is 0 Å². The molecular formula is C22H30N6O2. The number of piperidine rings is 1. The van der Waals surface area contributed by atoms with Gasteiger partial charge >= 0.3 is 0 Å². The summed E-state index contributed by atoms with van der Waals surface area (Å²) < 4.78 is 8.13. The van der Waals surface area contributed by atoms with Crippen molar-refractivity contribution in [2.45, 2.75) is 50.5 Å². The zero-order chi connectivity index (χ0) is 20.9. The number of nitrogens with zero attached hydrogens (tertiary/aromatic N) is 6. The number of likely N-dealkylation sites (tertiary alicyclic amines) is 1. The normalized spacial score (nSPS) is 20.0. The van der Waals surface area contributed by atoms with Crippen molar-refractivity contribution >= 4 is 11.9 Å². The van der Waals surface area contributed by atoms with Crippen molar-refractivity contribution in [1.82, 2.24) is 24.6 Å². The summed E-state index contributed by atoms with van der Waals surface area (Å²) in [5, 5.41) is 4.63. The molecule has 5 rings (SSSR count). The van der Waals surface area contributed by atoms with Gasteiger partial charge in [-0.1, -0.05) is 0 Å². The van der Waals surface area contributed by atoms with Crippen molar-refractivity contribution < 1.29 is 9.53 Å². The Morgan fingerprint density at radius 2 is 1.93 bits per heavy atom. The summed E-state index contributed by atoms with van der Waals surface area (Å²) in [6.45, 7) is 2.01. The minimum Gasteiger partial charge on any atom is -0.368 e. The minimum absolute atomic E-state index is 0.107. The standard InChI is InChI=1S/C22H30N6O2/c1-26(2)21-23-14-15-8-13-30-22(19(15)24-21)9-11-28(12-10-22)20(29)18-16-6-4-5-7-17(16)25-27(18)3/h14H,4-13H2,1-3H3. The Morgan fingerprint density at radius 3 is 2.70 bits per heavy atom. The highest BCUT2D eigenvalue weighted by Gasteiger charge is 2.44. The molecule has 0 aromatic carbocycles. The van der Waals surface area contributed by atoms with Crippen LogP contribution in [0.4, 0.5) is 5.95 Å². The van der Waals surface area contributed by atoms with Crippen LogP contribution < -0.4 is 4.90 Å². The molecule has 4 heterocycles. The van der Waals surface area contributed by atoms with Gasteiger partial charge in [0.25, 0.3) is 5.91 Å². The monoisotopic (exact) mass is 410 g/mol. The van der Waals surface area contributed by atoms with Crippen LogP contribution in [0.5, 0.6) is 0 Å². The van der Waals surface area contributed by atoms with Crippen molar-refractivity contribution in [2.75, 3.05) is 38.7 Å². The van der Waals surface area contributed by atoms with Crippen LogP contribution in [0.25, 0.3) is 0 Å². The topological polar surface area (TPSA) is 76.4 Å². The fourth-order valence-electron chi connectivity index (χ4n) is 5.17. The van der Waals surface area contributed by atoms with Crippen LogP contribution in [0.15, 0.2) is 6.20 Å². The van der Waals surface area contributed by atoms with Crippen LogP contribution in [0.2, 0.25) is 0 Å². The van der Waals surface area contributed by atoms with Gasteiger partial charge in [-0.25, -0.2) is 9.97 Å². The second-order valence-corrected chi connectivity index (χ2v) is 8.93. The van der Waals surface area contributed by atoms with Gasteiger partial charge in [0.2, 0.25) is 5.95 Å². The second kappa shape index (κ2) is 7.34. The molecule has 30 heavy (non-hydrogen) atoms. The third kappa shape index (κ3) is 3.09. The maximum absolute atomic E-state index is 13.4. The smallest absolute Gasteiger partial charge is 0.272 e. The van der Waals surface area contributed by atoms with E-state index in [-0.39, 0.29) is 5.91 Å². The molecule has 2 aromatic heterocycles. The number of amides is 1. The molecule has 2 aliphatic heterocycles. The highest BCUT2D eigenvalue weighted by Crippen LogP contribution is 2.41. The van der Waals surface area contributed by atoms with Crippen molar-refractivity contribution in [3.8, 4) is 0 Å². The first-order valence-electron chi connectivity index (χ1n) is 11.0. The molecule has 1 saturated heterocycles. The van der Waals surface area contributed by atoms with Crippen molar-refractivity contribution in [3.63, 3.8) is 0 Å². The lowest BCUT2D eigenvalue weighted by Gasteiger charge is -2.44. The Labute approximate surface area is 177 Å². The lowest BCUT2D eigenvalue weighted by atomic mass is 9.83. The van der Waals surface area contributed by atoms with Crippen molar-refractivity contribution in [2.24, 2.45) is 7.05 Å². The number of carbonyl (C=O) groups is 1. The van der Waals surface area contributed by atoms with E-state index in [0.717, 1.165) is 67.6 Å². The lowest BCUT2D eigenvalue weighted by molar-refractivity contribution is -0.0967. The molecule has 0 bridgehead atoms. The summed E-state index contributed by atoms with van der Waals surface area (Å²) in [5.41, 5.74) is 4.83. The highest BCUT2D eigenvalue weighted by molar-refractivity contribution is 5.94. The number of rotatable bonds is 2. The molecule has 160 valence electrons. The van der Waals surface area contributed by atoms with E-state index in [1.165, 1.54) is 5.56 Å². The summed E-state index contributed by atoms with van der Waals surface area (Å²) in [6.07, 6.45) is 8.56. The SMILES string of the molecule is CN(C)c1ncc2c(n1)C1(CCN(C(=O)c3c4c(nn3C)CCCC4)CC1)OCC2. The van der Waals surface area contributed by atoms with E-state index >= 15 is 0 Å². The number of ether oxygens (including phenoxy) is 1. The largest absolute Gasteiger partial charge is 0.368 e. The van der Waals surface area contributed by atoms with Gasteiger partial charge in [0, 0.05) is 46.0 Å².